The van der Waals surface area contributed by atoms with E-state index in [-0.39, 0.29) is 11.5 Å². The van der Waals surface area contributed by atoms with Gasteiger partial charge in [-0.05, 0) is 42.9 Å². The average Bonchev–Trinajstić information content (AvgIpc) is 3.16. The van der Waals surface area contributed by atoms with Gasteiger partial charge in [-0.1, -0.05) is 26.7 Å². The van der Waals surface area contributed by atoms with Crippen LogP contribution in [0.25, 0.3) is 0 Å². The third-order valence-electron chi connectivity index (χ3n) is 6.19. The molecule has 1 aromatic carbocycles. The number of anilines is 3. The van der Waals surface area contributed by atoms with Crippen LogP contribution in [0.5, 0.6) is 0 Å². The molecule has 1 aromatic heterocycles. The lowest BCUT2D eigenvalue weighted by Crippen LogP contribution is -2.42. The van der Waals surface area contributed by atoms with Crippen LogP contribution in [0.3, 0.4) is 0 Å². The van der Waals surface area contributed by atoms with Crippen molar-refractivity contribution >= 4 is 17.5 Å². The van der Waals surface area contributed by atoms with E-state index in [0.717, 1.165) is 30.7 Å². The third-order valence-corrected chi connectivity index (χ3v) is 6.19. The third kappa shape index (κ3) is 4.35. The van der Waals surface area contributed by atoms with Crippen molar-refractivity contribution in [1.82, 2.24) is 9.97 Å². The molecule has 1 N–H and O–H groups in total. The Hall–Kier alpha value is -2.44. The van der Waals surface area contributed by atoms with Crippen LogP contribution in [0.4, 0.5) is 26.2 Å². The zero-order valence-electron chi connectivity index (χ0n) is 18.3. The summed E-state index contributed by atoms with van der Waals surface area (Å²) in [7, 11) is 2.09. The second-order valence-electron chi connectivity index (χ2n) is 9.56. The Morgan fingerprint density at radius 3 is 2.43 bits per heavy atom. The minimum absolute atomic E-state index is 0.123. The van der Waals surface area contributed by atoms with Crippen LogP contribution in [0.1, 0.15) is 58.1 Å². The summed E-state index contributed by atoms with van der Waals surface area (Å²) >= 11 is 0. The fourth-order valence-corrected chi connectivity index (χ4v) is 4.85. The van der Waals surface area contributed by atoms with Gasteiger partial charge in [-0.25, -0.2) is 13.8 Å². The Bertz CT molecular complexity index is 890. The minimum atomic E-state index is -0.585. The molecule has 1 saturated carbocycles. The number of hydrogen-bond acceptors (Lipinski definition) is 5. The molecule has 5 nitrogen and oxygen atoms in total. The van der Waals surface area contributed by atoms with Gasteiger partial charge in [0.2, 0.25) is 5.95 Å². The highest BCUT2D eigenvalue weighted by Crippen LogP contribution is 2.39. The lowest BCUT2D eigenvalue weighted by molar-refractivity contribution is 0.363. The average molecular weight is 416 g/mol. The molecule has 162 valence electrons. The molecule has 1 fully saturated rings. The number of halogens is 2. The molecule has 0 radical (unpaired) electrons. The summed E-state index contributed by atoms with van der Waals surface area (Å²) in [5, 5.41) is 3.23. The predicted octanol–water partition coefficient (Wildman–Crippen LogP) is 5.15. The number of fused-ring (bicyclic) bond motifs is 1. The first kappa shape index (κ1) is 20.8. The molecular formula is C23H31F2N5. The monoisotopic (exact) mass is 415 g/mol. The van der Waals surface area contributed by atoms with Crippen LogP contribution >= 0.6 is 0 Å². The van der Waals surface area contributed by atoms with Crippen LogP contribution in [0.2, 0.25) is 0 Å². The van der Waals surface area contributed by atoms with Gasteiger partial charge in [-0.3, -0.25) is 0 Å². The maximum atomic E-state index is 13.6. The van der Waals surface area contributed by atoms with Crippen LogP contribution in [-0.4, -0.2) is 36.1 Å². The highest BCUT2D eigenvalue weighted by atomic mass is 19.1. The van der Waals surface area contributed by atoms with Crippen molar-refractivity contribution in [3.05, 3.63) is 41.6 Å². The maximum Gasteiger partial charge on any atom is 0.225 e. The largest absolute Gasteiger partial charge is 0.370 e. The van der Waals surface area contributed by atoms with E-state index in [1.54, 1.807) is 0 Å². The van der Waals surface area contributed by atoms with Gasteiger partial charge in [-0.2, -0.15) is 4.98 Å². The highest BCUT2D eigenvalue weighted by molar-refractivity contribution is 5.69. The highest BCUT2D eigenvalue weighted by Gasteiger charge is 2.36. The van der Waals surface area contributed by atoms with Crippen molar-refractivity contribution in [2.24, 2.45) is 5.41 Å². The summed E-state index contributed by atoms with van der Waals surface area (Å²) in [6.45, 7) is 8.32. The Labute approximate surface area is 177 Å². The first-order chi connectivity index (χ1) is 14.2. The van der Waals surface area contributed by atoms with Gasteiger partial charge in [0.1, 0.15) is 11.6 Å². The molecular weight excluding hydrogens is 384 g/mol. The number of aromatic nitrogens is 2. The first-order valence-electron chi connectivity index (χ1n) is 10.8. The van der Waals surface area contributed by atoms with Gasteiger partial charge in [0.15, 0.2) is 5.82 Å². The van der Waals surface area contributed by atoms with Crippen molar-refractivity contribution < 1.29 is 8.78 Å². The second kappa shape index (κ2) is 8.00. The van der Waals surface area contributed by atoms with E-state index in [2.05, 4.69) is 41.0 Å². The van der Waals surface area contributed by atoms with Crippen LogP contribution in [0, 0.1) is 17.0 Å². The fraction of sp³-hybridized carbons (Fsp3) is 0.565. The van der Waals surface area contributed by atoms with Gasteiger partial charge < -0.3 is 15.1 Å². The lowest BCUT2D eigenvalue weighted by Gasteiger charge is -2.35. The topological polar surface area (TPSA) is 44.3 Å². The number of nitrogens with zero attached hydrogens (tertiary/aromatic N) is 4. The maximum absolute atomic E-state index is 13.6. The summed E-state index contributed by atoms with van der Waals surface area (Å²) < 4.78 is 27.3. The molecule has 4 rings (SSSR count). The SMILES string of the molecule is CC(Nc1ncc2c(n1)N(C1CCCC1)CC(C)(C)CN2C)c1cc(F)cc(F)c1. The number of benzene rings is 1. The molecule has 1 unspecified atom stereocenters. The van der Waals surface area contributed by atoms with Gasteiger partial charge in [-0.15, -0.1) is 0 Å². The van der Waals surface area contributed by atoms with E-state index in [9.17, 15) is 8.78 Å². The molecule has 1 aliphatic carbocycles. The van der Waals surface area contributed by atoms with Crippen molar-refractivity contribution in [3.63, 3.8) is 0 Å². The Balaban J connectivity index is 1.66. The number of rotatable bonds is 4. The Morgan fingerprint density at radius 1 is 1.10 bits per heavy atom. The summed E-state index contributed by atoms with van der Waals surface area (Å²) in [6, 6.07) is 3.73. The van der Waals surface area contributed by atoms with Crippen molar-refractivity contribution in [3.8, 4) is 0 Å². The van der Waals surface area contributed by atoms with E-state index in [1.807, 2.05) is 13.1 Å². The fourth-order valence-electron chi connectivity index (χ4n) is 4.85. The van der Waals surface area contributed by atoms with Gasteiger partial charge in [0, 0.05) is 32.2 Å². The zero-order valence-corrected chi connectivity index (χ0v) is 18.3. The quantitative estimate of drug-likeness (QED) is 0.748. The van der Waals surface area contributed by atoms with Crippen LogP contribution in [0.15, 0.2) is 24.4 Å². The standard InChI is InChI=1S/C23H31F2N5/c1-15(16-9-17(24)11-18(25)10-16)27-22-26-12-20-21(28-22)30(19-7-5-6-8-19)14-23(2,3)13-29(20)4/h9-12,15,19H,5-8,13-14H2,1-4H3,(H,26,27,28). The zero-order chi connectivity index (χ0) is 21.5. The number of hydrogen-bond donors (Lipinski definition) is 1. The molecule has 2 heterocycles. The molecule has 0 amide bonds. The normalized spacial score (nSPS) is 20.1. The smallest absolute Gasteiger partial charge is 0.225 e. The summed E-state index contributed by atoms with van der Waals surface area (Å²) in [6.07, 6.45) is 6.75. The molecule has 1 atom stereocenters. The minimum Gasteiger partial charge on any atom is -0.370 e. The molecule has 1 aliphatic heterocycles. The molecule has 7 heteroatoms. The van der Waals surface area contributed by atoms with Crippen molar-refractivity contribution in [1.29, 1.82) is 0 Å². The summed E-state index contributed by atoms with van der Waals surface area (Å²) in [5.74, 6) is 0.252. The van der Waals surface area contributed by atoms with Crippen LogP contribution in [-0.2, 0) is 0 Å². The summed E-state index contributed by atoms with van der Waals surface area (Å²) in [5.41, 5.74) is 1.68. The number of nitrogens with one attached hydrogen (secondary N) is 1. The van der Waals surface area contributed by atoms with E-state index in [0.29, 0.717) is 17.6 Å². The van der Waals surface area contributed by atoms with Gasteiger partial charge >= 0.3 is 0 Å². The first-order valence-corrected chi connectivity index (χ1v) is 10.8. The predicted molar refractivity (Wildman–Crippen MR) is 117 cm³/mol. The lowest BCUT2D eigenvalue weighted by atomic mass is 9.92. The van der Waals surface area contributed by atoms with Crippen molar-refractivity contribution in [2.75, 3.05) is 35.3 Å². The second-order valence-corrected chi connectivity index (χ2v) is 9.56. The molecule has 0 bridgehead atoms. The Kier molecular flexibility index (Phi) is 5.55. The van der Waals surface area contributed by atoms with E-state index < -0.39 is 11.6 Å². The molecule has 30 heavy (non-hydrogen) atoms. The van der Waals surface area contributed by atoms with Crippen molar-refractivity contribution in [2.45, 2.75) is 58.5 Å². The Morgan fingerprint density at radius 2 is 1.77 bits per heavy atom. The van der Waals surface area contributed by atoms with E-state index in [1.165, 1.54) is 37.8 Å². The molecule has 2 aromatic rings. The van der Waals surface area contributed by atoms with Gasteiger partial charge in [0.25, 0.3) is 0 Å². The van der Waals surface area contributed by atoms with Crippen LogP contribution < -0.4 is 15.1 Å². The van der Waals surface area contributed by atoms with E-state index >= 15 is 0 Å². The molecule has 0 saturated heterocycles. The molecule has 0 spiro atoms. The van der Waals surface area contributed by atoms with Gasteiger partial charge in [0.05, 0.1) is 17.9 Å². The molecule has 2 aliphatic rings. The van der Waals surface area contributed by atoms with E-state index in [4.69, 9.17) is 4.98 Å². The summed E-state index contributed by atoms with van der Waals surface area (Å²) in [4.78, 5) is 14.1.